The zero-order chi connectivity index (χ0) is 12.7. The maximum Gasteiger partial charge on any atom is 0.232 e. The number of benzene rings is 1. The molecule has 0 spiro atoms. The molecule has 5 heteroatoms. The molecule has 0 atom stereocenters. The quantitative estimate of drug-likeness (QED) is 0.601. The highest BCUT2D eigenvalue weighted by molar-refractivity contribution is 7.92. The summed E-state index contributed by atoms with van der Waals surface area (Å²) in [5, 5.41) is 0. The zero-order valence-corrected chi connectivity index (χ0v) is 10.7. The van der Waals surface area contributed by atoms with Gasteiger partial charge in [0.1, 0.15) is 0 Å². The van der Waals surface area contributed by atoms with Crippen molar-refractivity contribution in [3.05, 3.63) is 29.8 Å². The predicted octanol–water partition coefficient (Wildman–Crippen LogP) is 2.43. The number of rotatable bonds is 7. The first kappa shape index (κ1) is 13.7. The van der Waals surface area contributed by atoms with Crippen LogP contribution in [0.15, 0.2) is 24.3 Å². The van der Waals surface area contributed by atoms with Gasteiger partial charge in [0, 0.05) is 5.56 Å². The molecule has 0 fully saturated rings. The number of sulfonamides is 1. The van der Waals surface area contributed by atoms with E-state index in [1.165, 1.54) is 0 Å². The van der Waals surface area contributed by atoms with E-state index in [4.69, 9.17) is 0 Å². The number of anilines is 1. The highest BCUT2D eigenvalue weighted by Crippen LogP contribution is 2.15. The molecule has 0 unspecified atom stereocenters. The number of hydrogen-bond donors (Lipinski definition) is 1. The van der Waals surface area contributed by atoms with Gasteiger partial charge in [-0.3, -0.25) is 9.52 Å². The van der Waals surface area contributed by atoms with Gasteiger partial charge in [0.15, 0.2) is 6.29 Å². The molecule has 0 saturated heterocycles. The summed E-state index contributed by atoms with van der Waals surface area (Å²) in [5.41, 5.74) is 0.700. The van der Waals surface area contributed by atoms with Crippen molar-refractivity contribution in [2.45, 2.75) is 26.2 Å². The molecular formula is C12H17NO3S. The third-order valence-electron chi connectivity index (χ3n) is 2.37. The van der Waals surface area contributed by atoms with E-state index in [-0.39, 0.29) is 5.75 Å². The molecular weight excluding hydrogens is 238 g/mol. The molecule has 1 aromatic rings. The van der Waals surface area contributed by atoms with E-state index in [0.29, 0.717) is 24.0 Å². The number of aldehydes is 1. The Bertz CT molecular complexity index is 468. The summed E-state index contributed by atoms with van der Waals surface area (Å²) < 4.78 is 25.9. The number of carbonyl (C=O) groups excluding carboxylic acids is 1. The molecule has 0 bridgehead atoms. The molecule has 0 radical (unpaired) electrons. The van der Waals surface area contributed by atoms with Crippen LogP contribution in [0.4, 0.5) is 5.69 Å². The molecule has 0 aliphatic rings. The van der Waals surface area contributed by atoms with Crippen LogP contribution in [0.25, 0.3) is 0 Å². The van der Waals surface area contributed by atoms with Gasteiger partial charge in [0.05, 0.1) is 11.4 Å². The summed E-state index contributed by atoms with van der Waals surface area (Å²) in [5.74, 6) is 0.0913. The number of unbranched alkanes of at least 4 members (excludes halogenated alkanes) is 2. The van der Waals surface area contributed by atoms with Gasteiger partial charge in [-0.25, -0.2) is 8.42 Å². The topological polar surface area (TPSA) is 63.2 Å². The molecule has 0 aromatic heterocycles. The van der Waals surface area contributed by atoms with E-state index in [1.54, 1.807) is 24.3 Å². The average molecular weight is 255 g/mol. The van der Waals surface area contributed by atoms with Gasteiger partial charge >= 0.3 is 0 Å². The maximum absolute atomic E-state index is 11.7. The molecule has 0 aliphatic heterocycles. The lowest BCUT2D eigenvalue weighted by molar-refractivity contribution is 0.112. The van der Waals surface area contributed by atoms with Gasteiger partial charge in [-0.15, -0.1) is 0 Å². The van der Waals surface area contributed by atoms with Crippen LogP contribution in [0, 0.1) is 0 Å². The first-order chi connectivity index (χ1) is 8.09. The van der Waals surface area contributed by atoms with Crippen molar-refractivity contribution in [2.75, 3.05) is 10.5 Å². The fraction of sp³-hybridized carbons (Fsp3) is 0.417. The van der Waals surface area contributed by atoms with E-state index in [0.717, 1.165) is 12.8 Å². The van der Waals surface area contributed by atoms with Crippen LogP contribution in [0.5, 0.6) is 0 Å². The third-order valence-corrected chi connectivity index (χ3v) is 3.73. The lowest BCUT2D eigenvalue weighted by atomic mass is 10.2. The van der Waals surface area contributed by atoms with Crippen molar-refractivity contribution in [1.82, 2.24) is 0 Å². The SMILES string of the molecule is CCCCCS(=O)(=O)Nc1ccccc1C=O. The minimum Gasteiger partial charge on any atom is -0.298 e. The average Bonchev–Trinajstić information content (AvgIpc) is 2.29. The standard InChI is InChI=1S/C12H17NO3S/c1-2-3-6-9-17(15,16)13-12-8-5-4-7-11(12)10-14/h4-5,7-8,10,13H,2-3,6,9H2,1H3. The Labute approximate surface area is 102 Å². The van der Waals surface area contributed by atoms with Crippen molar-refractivity contribution in [3.63, 3.8) is 0 Å². The predicted molar refractivity (Wildman–Crippen MR) is 68.8 cm³/mol. The van der Waals surface area contributed by atoms with Gasteiger partial charge in [-0.2, -0.15) is 0 Å². The minimum atomic E-state index is -3.35. The summed E-state index contributed by atoms with van der Waals surface area (Å²) >= 11 is 0. The van der Waals surface area contributed by atoms with Gasteiger partial charge in [-0.1, -0.05) is 31.9 Å². The molecule has 1 aromatic carbocycles. The van der Waals surface area contributed by atoms with Crippen LogP contribution in [0.2, 0.25) is 0 Å². The summed E-state index contributed by atoms with van der Waals surface area (Å²) in [6.45, 7) is 2.02. The van der Waals surface area contributed by atoms with E-state index in [2.05, 4.69) is 4.72 Å². The van der Waals surface area contributed by atoms with Crippen LogP contribution in [0.1, 0.15) is 36.5 Å². The summed E-state index contributed by atoms with van der Waals surface area (Å²) in [4.78, 5) is 10.7. The van der Waals surface area contributed by atoms with Crippen LogP contribution in [-0.4, -0.2) is 20.5 Å². The number of carbonyl (C=O) groups is 1. The molecule has 1 rings (SSSR count). The minimum absolute atomic E-state index is 0.0913. The Morgan fingerprint density at radius 2 is 1.94 bits per heavy atom. The lowest BCUT2D eigenvalue weighted by Crippen LogP contribution is -2.17. The molecule has 0 amide bonds. The Hall–Kier alpha value is -1.36. The number of para-hydroxylation sites is 1. The first-order valence-electron chi connectivity index (χ1n) is 5.63. The molecule has 4 nitrogen and oxygen atoms in total. The Morgan fingerprint density at radius 1 is 1.24 bits per heavy atom. The number of nitrogens with one attached hydrogen (secondary N) is 1. The van der Waals surface area contributed by atoms with Crippen LogP contribution >= 0.6 is 0 Å². The second-order valence-electron chi connectivity index (χ2n) is 3.83. The fourth-order valence-electron chi connectivity index (χ4n) is 1.45. The van der Waals surface area contributed by atoms with Gasteiger partial charge in [-0.05, 0) is 18.6 Å². The van der Waals surface area contributed by atoms with Crippen molar-refractivity contribution in [3.8, 4) is 0 Å². The van der Waals surface area contributed by atoms with Gasteiger partial charge in [0.2, 0.25) is 10.0 Å². The fourth-order valence-corrected chi connectivity index (χ4v) is 2.66. The summed E-state index contributed by atoms with van der Waals surface area (Å²) in [7, 11) is -3.35. The second kappa shape index (κ2) is 6.39. The lowest BCUT2D eigenvalue weighted by Gasteiger charge is -2.09. The smallest absolute Gasteiger partial charge is 0.232 e. The molecule has 94 valence electrons. The van der Waals surface area contributed by atoms with Crippen LogP contribution in [0.3, 0.4) is 0 Å². The van der Waals surface area contributed by atoms with Crippen molar-refractivity contribution < 1.29 is 13.2 Å². The first-order valence-corrected chi connectivity index (χ1v) is 7.29. The van der Waals surface area contributed by atoms with Crippen molar-refractivity contribution in [1.29, 1.82) is 0 Å². The third kappa shape index (κ3) is 4.56. The molecule has 0 saturated carbocycles. The maximum atomic E-state index is 11.7. The van der Waals surface area contributed by atoms with E-state index < -0.39 is 10.0 Å². The molecule has 0 aliphatic carbocycles. The second-order valence-corrected chi connectivity index (χ2v) is 5.68. The monoisotopic (exact) mass is 255 g/mol. The van der Waals surface area contributed by atoms with Crippen molar-refractivity contribution >= 4 is 22.0 Å². The Morgan fingerprint density at radius 3 is 2.59 bits per heavy atom. The van der Waals surface area contributed by atoms with Crippen LogP contribution < -0.4 is 4.72 Å². The Kier molecular flexibility index (Phi) is 5.15. The van der Waals surface area contributed by atoms with Crippen molar-refractivity contribution in [2.24, 2.45) is 0 Å². The molecule has 1 N–H and O–H groups in total. The highest BCUT2D eigenvalue weighted by Gasteiger charge is 2.11. The van der Waals surface area contributed by atoms with E-state index >= 15 is 0 Å². The van der Waals surface area contributed by atoms with Crippen LogP contribution in [-0.2, 0) is 10.0 Å². The normalized spacial score (nSPS) is 11.1. The van der Waals surface area contributed by atoms with Gasteiger partial charge in [0.25, 0.3) is 0 Å². The van der Waals surface area contributed by atoms with E-state index in [1.807, 2.05) is 6.92 Å². The number of hydrogen-bond acceptors (Lipinski definition) is 3. The summed E-state index contributed by atoms with van der Waals surface area (Å²) in [6, 6.07) is 6.55. The molecule has 0 heterocycles. The largest absolute Gasteiger partial charge is 0.298 e. The Balaban J connectivity index is 2.72. The highest BCUT2D eigenvalue weighted by atomic mass is 32.2. The van der Waals surface area contributed by atoms with Gasteiger partial charge < -0.3 is 0 Å². The zero-order valence-electron chi connectivity index (χ0n) is 9.85. The summed E-state index contributed by atoms with van der Waals surface area (Å²) in [6.07, 6.45) is 3.13. The van der Waals surface area contributed by atoms with E-state index in [9.17, 15) is 13.2 Å². The molecule has 17 heavy (non-hydrogen) atoms.